The van der Waals surface area contributed by atoms with E-state index in [0.717, 1.165) is 5.56 Å². The fraction of sp³-hybridized carbons (Fsp3) is 0.571. The number of benzene rings is 1. The molecule has 0 aromatic heterocycles. The summed E-state index contributed by atoms with van der Waals surface area (Å²) in [5, 5.41) is 10.1. The largest absolute Gasteiger partial charge is 0.386 e. The van der Waals surface area contributed by atoms with Crippen molar-refractivity contribution < 1.29 is 18.3 Å². The summed E-state index contributed by atoms with van der Waals surface area (Å²) in [7, 11) is -3.59. The Morgan fingerprint density at radius 3 is 2.50 bits per heavy atom. The van der Waals surface area contributed by atoms with Gasteiger partial charge in [0.2, 0.25) is 10.0 Å². The maximum absolute atomic E-state index is 12.1. The summed E-state index contributed by atoms with van der Waals surface area (Å²) < 4.78 is 31.8. The molecular formula is C14H21NO4S. The van der Waals surface area contributed by atoms with E-state index in [2.05, 4.69) is 18.6 Å². The number of ether oxygens (including phenoxy) is 1. The van der Waals surface area contributed by atoms with E-state index in [0.29, 0.717) is 18.9 Å². The van der Waals surface area contributed by atoms with Gasteiger partial charge in [0.1, 0.15) is 5.60 Å². The summed E-state index contributed by atoms with van der Waals surface area (Å²) in [4.78, 5) is 0.212. The van der Waals surface area contributed by atoms with Crippen molar-refractivity contribution in [2.24, 2.45) is 0 Å². The number of hydrogen-bond donors (Lipinski definition) is 2. The average Bonchev–Trinajstić information content (AvgIpc) is 2.84. The molecule has 1 aliphatic heterocycles. The van der Waals surface area contributed by atoms with Gasteiger partial charge in [0.05, 0.1) is 11.5 Å². The Morgan fingerprint density at radius 2 is 2.00 bits per heavy atom. The number of nitrogens with one attached hydrogen (secondary N) is 1. The van der Waals surface area contributed by atoms with Gasteiger partial charge in [0.25, 0.3) is 0 Å². The maximum atomic E-state index is 12.1. The van der Waals surface area contributed by atoms with Crippen LogP contribution in [0.3, 0.4) is 0 Å². The lowest BCUT2D eigenvalue weighted by atomic mass is 10.0. The lowest BCUT2D eigenvalue weighted by Gasteiger charge is -2.20. The first-order chi connectivity index (χ1) is 9.32. The first-order valence-corrected chi connectivity index (χ1v) is 8.20. The smallest absolute Gasteiger partial charge is 0.240 e. The standard InChI is InChI=1S/C14H21NO4S/c1-11(2)12-3-5-13(6-4-12)20(17,18)15-9-14(16)7-8-19-10-14/h3-6,11,15-16H,7-10H2,1-2H3. The zero-order chi connectivity index (χ0) is 14.8. The first-order valence-electron chi connectivity index (χ1n) is 6.72. The summed E-state index contributed by atoms with van der Waals surface area (Å²) in [5.74, 6) is 0.357. The van der Waals surface area contributed by atoms with Crippen molar-refractivity contribution in [1.82, 2.24) is 4.72 Å². The Labute approximate surface area is 120 Å². The molecule has 0 saturated carbocycles. The molecule has 0 aliphatic carbocycles. The van der Waals surface area contributed by atoms with Gasteiger partial charge in [0.15, 0.2) is 0 Å². The van der Waals surface area contributed by atoms with E-state index in [1.54, 1.807) is 12.1 Å². The summed E-state index contributed by atoms with van der Waals surface area (Å²) in [6.07, 6.45) is 0.446. The molecule has 1 aromatic carbocycles. The highest BCUT2D eigenvalue weighted by molar-refractivity contribution is 7.89. The van der Waals surface area contributed by atoms with Gasteiger partial charge in [-0.05, 0) is 23.6 Å². The van der Waals surface area contributed by atoms with E-state index in [1.807, 2.05) is 12.1 Å². The fourth-order valence-electron chi connectivity index (χ4n) is 2.08. The molecule has 0 radical (unpaired) electrons. The molecule has 1 heterocycles. The van der Waals surface area contributed by atoms with Crippen molar-refractivity contribution in [3.8, 4) is 0 Å². The minimum Gasteiger partial charge on any atom is -0.386 e. The van der Waals surface area contributed by atoms with Crippen LogP contribution in [-0.4, -0.2) is 38.9 Å². The third-order valence-electron chi connectivity index (χ3n) is 3.53. The topological polar surface area (TPSA) is 75.6 Å². The minimum atomic E-state index is -3.59. The van der Waals surface area contributed by atoms with E-state index in [1.165, 1.54) is 0 Å². The minimum absolute atomic E-state index is 0.0265. The Morgan fingerprint density at radius 1 is 1.35 bits per heavy atom. The second kappa shape index (κ2) is 5.81. The van der Waals surface area contributed by atoms with Gasteiger partial charge in [0, 0.05) is 19.6 Å². The van der Waals surface area contributed by atoms with Crippen LogP contribution in [-0.2, 0) is 14.8 Å². The molecule has 1 aromatic rings. The molecule has 5 nitrogen and oxygen atoms in total. The van der Waals surface area contributed by atoms with Crippen LogP contribution >= 0.6 is 0 Å². The molecule has 1 atom stereocenters. The Hall–Kier alpha value is -0.950. The second-order valence-corrected chi connectivity index (χ2v) is 7.34. The number of sulfonamides is 1. The molecule has 0 bridgehead atoms. The zero-order valence-electron chi connectivity index (χ0n) is 11.8. The lowest BCUT2D eigenvalue weighted by Crippen LogP contribution is -2.43. The predicted octanol–water partition coefficient (Wildman–Crippen LogP) is 1.24. The van der Waals surface area contributed by atoms with Gasteiger partial charge >= 0.3 is 0 Å². The highest BCUT2D eigenvalue weighted by Crippen LogP contribution is 2.20. The van der Waals surface area contributed by atoms with Crippen molar-refractivity contribution in [3.05, 3.63) is 29.8 Å². The van der Waals surface area contributed by atoms with Crippen molar-refractivity contribution in [1.29, 1.82) is 0 Å². The van der Waals surface area contributed by atoms with E-state index in [-0.39, 0.29) is 18.0 Å². The summed E-state index contributed by atoms with van der Waals surface area (Å²) in [6, 6.07) is 6.80. The third-order valence-corrected chi connectivity index (χ3v) is 4.95. The molecule has 2 rings (SSSR count). The van der Waals surface area contributed by atoms with Crippen molar-refractivity contribution in [2.75, 3.05) is 19.8 Å². The summed E-state index contributed by atoms with van der Waals surface area (Å²) in [5.41, 5.74) is -0.00271. The molecule has 0 amide bonds. The van der Waals surface area contributed by atoms with Crippen molar-refractivity contribution >= 4 is 10.0 Å². The highest BCUT2D eigenvalue weighted by atomic mass is 32.2. The molecule has 20 heavy (non-hydrogen) atoms. The van der Waals surface area contributed by atoms with Crippen LogP contribution in [0.5, 0.6) is 0 Å². The monoisotopic (exact) mass is 299 g/mol. The Bertz CT molecular complexity index is 545. The molecule has 112 valence electrons. The predicted molar refractivity (Wildman–Crippen MR) is 76.1 cm³/mol. The number of aliphatic hydroxyl groups is 1. The van der Waals surface area contributed by atoms with Gasteiger partial charge < -0.3 is 9.84 Å². The maximum Gasteiger partial charge on any atom is 0.240 e. The lowest BCUT2D eigenvalue weighted by molar-refractivity contribution is 0.0314. The summed E-state index contributed by atoms with van der Waals surface area (Å²) >= 11 is 0. The third kappa shape index (κ3) is 3.58. The van der Waals surface area contributed by atoms with Crippen LogP contribution in [0.4, 0.5) is 0 Å². The normalized spacial score (nSPS) is 23.4. The van der Waals surface area contributed by atoms with E-state index in [4.69, 9.17) is 4.74 Å². The van der Waals surface area contributed by atoms with Crippen LogP contribution in [0.1, 0.15) is 31.7 Å². The van der Waals surface area contributed by atoms with Crippen LogP contribution in [0.15, 0.2) is 29.2 Å². The van der Waals surface area contributed by atoms with E-state index in [9.17, 15) is 13.5 Å². The zero-order valence-corrected chi connectivity index (χ0v) is 12.6. The van der Waals surface area contributed by atoms with Crippen molar-refractivity contribution in [2.45, 2.75) is 36.7 Å². The molecule has 1 unspecified atom stereocenters. The molecule has 0 spiro atoms. The molecular weight excluding hydrogens is 278 g/mol. The highest BCUT2D eigenvalue weighted by Gasteiger charge is 2.33. The van der Waals surface area contributed by atoms with Gasteiger partial charge in [-0.25, -0.2) is 13.1 Å². The van der Waals surface area contributed by atoms with Crippen LogP contribution in [0.2, 0.25) is 0 Å². The van der Waals surface area contributed by atoms with Crippen LogP contribution in [0.25, 0.3) is 0 Å². The molecule has 1 aliphatic rings. The molecule has 1 fully saturated rings. The SMILES string of the molecule is CC(C)c1ccc(S(=O)(=O)NCC2(O)CCOC2)cc1. The number of rotatable bonds is 5. The Balaban J connectivity index is 2.06. The second-order valence-electron chi connectivity index (χ2n) is 5.58. The molecule has 1 saturated heterocycles. The van der Waals surface area contributed by atoms with Crippen LogP contribution in [0, 0.1) is 0 Å². The quantitative estimate of drug-likeness (QED) is 0.858. The van der Waals surface area contributed by atoms with Crippen molar-refractivity contribution in [3.63, 3.8) is 0 Å². The van der Waals surface area contributed by atoms with Gasteiger partial charge in [-0.15, -0.1) is 0 Å². The van der Waals surface area contributed by atoms with Gasteiger partial charge in [-0.2, -0.15) is 0 Å². The van der Waals surface area contributed by atoms with E-state index >= 15 is 0 Å². The van der Waals surface area contributed by atoms with Crippen LogP contribution < -0.4 is 4.72 Å². The molecule has 6 heteroatoms. The number of hydrogen-bond acceptors (Lipinski definition) is 4. The van der Waals surface area contributed by atoms with E-state index < -0.39 is 15.6 Å². The average molecular weight is 299 g/mol. The first kappa shape index (κ1) is 15.4. The van der Waals surface area contributed by atoms with Gasteiger partial charge in [-0.3, -0.25) is 0 Å². The van der Waals surface area contributed by atoms with Gasteiger partial charge in [-0.1, -0.05) is 26.0 Å². The Kier molecular flexibility index (Phi) is 4.49. The summed E-state index contributed by atoms with van der Waals surface area (Å²) in [6.45, 7) is 4.71. The fourth-order valence-corrected chi connectivity index (χ4v) is 3.20. The molecule has 2 N–H and O–H groups in total.